The molecule has 0 amide bonds. The van der Waals surface area contributed by atoms with Crippen LogP contribution < -0.4 is 32.6 Å². The van der Waals surface area contributed by atoms with E-state index in [2.05, 4.69) is 0 Å². The molecule has 204 valence electrons. The van der Waals surface area contributed by atoms with E-state index in [1.54, 1.807) is 20.8 Å². The molecule has 0 atom stereocenters. The molecule has 42 heavy (non-hydrogen) atoms. The van der Waals surface area contributed by atoms with Crippen molar-refractivity contribution in [2.45, 2.75) is 20.8 Å². The van der Waals surface area contributed by atoms with Gasteiger partial charge >= 0.3 is 0 Å². The van der Waals surface area contributed by atoms with E-state index >= 15 is 0 Å². The molecule has 0 unspecified atom stereocenters. The Morgan fingerprint density at radius 1 is 0.333 bits per heavy atom. The summed E-state index contributed by atoms with van der Waals surface area (Å²) in [6, 6.07) is 7.81. The summed E-state index contributed by atoms with van der Waals surface area (Å²) in [6.07, 6.45) is 0. The highest BCUT2D eigenvalue weighted by molar-refractivity contribution is 6.30. The van der Waals surface area contributed by atoms with Crippen LogP contribution in [0.2, 0.25) is 0 Å². The van der Waals surface area contributed by atoms with E-state index in [1.165, 1.54) is 36.4 Å². The van der Waals surface area contributed by atoms with Gasteiger partial charge in [-0.2, -0.15) is 0 Å². The second kappa shape index (κ2) is 7.94. The Morgan fingerprint density at radius 3 is 0.786 bits per heavy atom. The first kappa shape index (κ1) is 25.3. The van der Waals surface area contributed by atoms with Gasteiger partial charge in [0.1, 0.15) is 17.2 Å². The Hall–Kier alpha value is -5.70. The van der Waals surface area contributed by atoms with Crippen molar-refractivity contribution in [2.75, 3.05) is 0 Å². The van der Waals surface area contributed by atoms with Crippen molar-refractivity contribution in [1.29, 1.82) is 0 Å². The van der Waals surface area contributed by atoms with Gasteiger partial charge in [0, 0.05) is 48.5 Å². The molecule has 7 aromatic carbocycles. The van der Waals surface area contributed by atoms with E-state index in [1.807, 2.05) is 0 Å². The summed E-state index contributed by atoms with van der Waals surface area (Å²) in [7, 11) is 0. The van der Waals surface area contributed by atoms with Gasteiger partial charge in [-0.25, -0.2) is 0 Å². The van der Waals surface area contributed by atoms with Gasteiger partial charge < -0.3 is 15.3 Å². The summed E-state index contributed by atoms with van der Waals surface area (Å²) in [5, 5.41) is 26.7. The first-order valence-electron chi connectivity index (χ1n) is 12.9. The van der Waals surface area contributed by atoms with Crippen LogP contribution in [0.25, 0.3) is 64.6 Å². The Bertz CT molecular complexity index is 2810. The Kier molecular flexibility index (Phi) is 4.78. The number of aryl methyl sites for hydroxylation is 3. The van der Waals surface area contributed by atoms with E-state index in [4.69, 9.17) is 0 Å². The van der Waals surface area contributed by atoms with E-state index in [9.17, 15) is 44.1 Å². The summed E-state index contributed by atoms with van der Waals surface area (Å²) < 4.78 is 0. The van der Waals surface area contributed by atoms with Crippen molar-refractivity contribution in [3.05, 3.63) is 114 Å². The summed E-state index contributed by atoms with van der Waals surface area (Å²) in [5.41, 5.74) is -4.42. The molecule has 0 heterocycles. The Morgan fingerprint density at radius 2 is 0.548 bits per heavy atom. The van der Waals surface area contributed by atoms with Crippen LogP contribution in [-0.2, 0) is 0 Å². The molecule has 3 N–H and O–H groups in total. The topological polar surface area (TPSA) is 163 Å². The van der Waals surface area contributed by atoms with Crippen LogP contribution in [0.1, 0.15) is 16.7 Å². The Labute approximate surface area is 232 Å². The number of hydrogen-bond donors (Lipinski definition) is 3. The molecule has 0 aliphatic rings. The van der Waals surface area contributed by atoms with Crippen molar-refractivity contribution >= 4 is 64.6 Å². The van der Waals surface area contributed by atoms with Crippen LogP contribution in [0.3, 0.4) is 0 Å². The summed E-state index contributed by atoms with van der Waals surface area (Å²) in [5.74, 6) is -1.62. The predicted molar refractivity (Wildman–Crippen MR) is 162 cm³/mol. The predicted octanol–water partition coefficient (Wildman–Crippen LogP) is 3.12. The van der Waals surface area contributed by atoms with Crippen LogP contribution >= 0.6 is 0 Å². The van der Waals surface area contributed by atoms with Gasteiger partial charge in [0.15, 0.2) is 32.6 Å². The number of hydrogen-bond acceptors (Lipinski definition) is 9. The number of rotatable bonds is 0. The normalized spacial score (nSPS) is 12.1. The minimum absolute atomic E-state index is 0.228. The minimum atomic E-state index is -1.01. The molecule has 0 saturated carbocycles. The van der Waals surface area contributed by atoms with E-state index in [-0.39, 0.29) is 16.2 Å². The highest BCUT2D eigenvalue weighted by atomic mass is 16.3. The molecule has 9 nitrogen and oxygen atoms in total. The molecule has 7 rings (SSSR count). The number of phenolic OH excluding ortho intramolecular Hbond substituents is 3. The second-order valence-electron chi connectivity index (χ2n) is 10.8. The van der Waals surface area contributed by atoms with Crippen molar-refractivity contribution < 1.29 is 15.3 Å². The van der Waals surface area contributed by atoms with Crippen molar-refractivity contribution in [3.63, 3.8) is 0 Å². The second-order valence-corrected chi connectivity index (χ2v) is 10.8. The number of benzene rings is 7. The third-order valence-corrected chi connectivity index (χ3v) is 8.06. The molecule has 0 saturated heterocycles. The van der Waals surface area contributed by atoms with Gasteiger partial charge in [0.25, 0.3) is 0 Å². The van der Waals surface area contributed by atoms with E-state index in [0.29, 0.717) is 16.7 Å². The lowest BCUT2D eigenvalue weighted by atomic mass is 9.87. The van der Waals surface area contributed by atoms with Gasteiger partial charge in [-0.15, -0.1) is 0 Å². The fourth-order valence-electron chi connectivity index (χ4n) is 6.45. The van der Waals surface area contributed by atoms with Crippen LogP contribution in [0, 0.1) is 20.8 Å². The van der Waals surface area contributed by atoms with Gasteiger partial charge in [0.2, 0.25) is 0 Å². The lowest BCUT2D eigenvalue weighted by Crippen LogP contribution is -2.25. The van der Waals surface area contributed by atoms with E-state index in [0.717, 1.165) is 0 Å². The van der Waals surface area contributed by atoms with Crippen molar-refractivity contribution in [3.8, 4) is 17.2 Å². The van der Waals surface area contributed by atoms with Crippen LogP contribution in [0.5, 0.6) is 17.2 Å². The fraction of sp³-hybridized carbons (Fsp3) is 0.0909. The molecule has 0 aromatic heterocycles. The van der Waals surface area contributed by atoms with Gasteiger partial charge in [-0.3, -0.25) is 28.8 Å². The quantitative estimate of drug-likeness (QED) is 0.187. The zero-order chi connectivity index (χ0) is 30.1. The maximum Gasteiger partial charge on any atom is 0.199 e. The molecule has 7 aromatic rings. The van der Waals surface area contributed by atoms with Crippen molar-refractivity contribution in [1.82, 2.24) is 0 Å². The SMILES string of the molecule is Cc1cc(O)c2c(=O)c3c(c(=O)c2c1)c1c(=O)c2cc(C)cc(O)c2c(=O)c1c1c(=O)c2c(O)cc(C)cc2c(=O)c31. The van der Waals surface area contributed by atoms with E-state index < -0.39 is 98.3 Å². The molecule has 0 spiro atoms. The molecule has 9 heteroatoms. The fourth-order valence-corrected chi connectivity index (χ4v) is 6.45. The number of fused-ring (bicyclic) bond motifs is 9. The first-order valence-corrected chi connectivity index (χ1v) is 12.9. The average molecular weight is 558 g/mol. The average Bonchev–Trinajstić information content (AvgIpc) is 2.90. The van der Waals surface area contributed by atoms with Gasteiger partial charge in [-0.1, -0.05) is 0 Å². The van der Waals surface area contributed by atoms with Gasteiger partial charge in [-0.05, 0) is 73.9 Å². The lowest BCUT2D eigenvalue weighted by Gasteiger charge is -2.13. The maximum atomic E-state index is 14.1. The van der Waals surface area contributed by atoms with Crippen molar-refractivity contribution in [2.24, 2.45) is 0 Å². The minimum Gasteiger partial charge on any atom is -0.507 e. The monoisotopic (exact) mass is 558 g/mol. The molecular formula is C33H18O9. The smallest absolute Gasteiger partial charge is 0.199 e. The summed E-state index contributed by atoms with van der Waals surface area (Å²) in [4.78, 5) is 84.8. The maximum absolute atomic E-state index is 14.1. The molecule has 0 bridgehead atoms. The third kappa shape index (κ3) is 2.91. The Balaban J connectivity index is 2.06. The zero-order valence-corrected chi connectivity index (χ0v) is 22.3. The standard InChI is InChI=1S/C33H18O9/c1-10-4-13-19(16(34)7-10)31(40)25-22(28(13)37)23-26(32(41)20-14(29(23)38)5-11(2)8-17(20)35)27-24(25)30(39)15-6-12(3)9-18(36)21(15)33(27)42/h4-9,34-36H,1-3H3. The van der Waals surface area contributed by atoms with Crippen LogP contribution in [-0.4, -0.2) is 15.3 Å². The molecular weight excluding hydrogens is 540 g/mol. The number of phenols is 3. The highest BCUT2D eigenvalue weighted by Crippen LogP contribution is 2.34. The summed E-state index contributed by atoms with van der Waals surface area (Å²) in [6.45, 7) is 4.74. The van der Waals surface area contributed by atoms with Crippen LogP contribution in [0.4, 0.5) is 0 Å². The third-order valence-electron chi connectivity index (χ3n) is 8.06. The molecule has 0 radical (unpaired) electrons. The molecule has 0 fully saturated rings. The highest BCUT2D eigenvalue weighted by Gasteiger charge is 2.29. The molecule has 0 aliphatic carbocycles. The van der Waals surface area contributed by atoms with Gasteiger partial charge in [0.05, 0.1) is 16.2 Å². The number of aromatic hydroxyl groups is 3. The summed E-state index contributed by atoms with van der Waals surface area (Å²) >= 11 is 0. The molecule has 0 aliphatic heterocycles. The lowest BCUT2D eigenvalue weighted by molar-refractivity contribution is 0.480. The largest absolute Gasteiger partial charge is 0.507 e. The first-order chi connectivity index (χ1) is 19.8. The van der Waals surface area contributed by atoms with Crippen LogP contribution in [0.15, 0.2) is 65.2 Å². The zero-order valence-electron chi connectivity index (χ0n) is 22.3.